The summed E-state index contributed by atoms with van der Waals surface area (Å²) in [6.45, 7) is 0. The highest BCUT2D eigenvalue weighted by atomic mass is 35.5. The summed E-state index contributed by atoms with van der Waals surface area (Å²) in [6, 6.07) is 14.4. The molecule has 2 rings (SSSR count). The van der Waals surface area contributed by atoms with Crippen LogP contribution in [0.4, 0.5) is 0 Å². The van der Waals surface area contributed by atoms with Gasteiger partial charge in [-0.15, -0.1) is 0 Å². The molecule has 0 aliphatic rings. The zero-order valence-electron chi connectivity index (χ0n) is 8.88. The zero-order valence-corrected chi connectivity index (χ0v) is 9.63. The Morgan fingerprint density at radius 1 is 1.06 bits per heavy atom. The summed E-state index contributed by atoms with van der Waals surface area (Å²) < 4.78 is 5.60. The van der Waals surface area contributed by atoms with Gasteiger partial charge in [0, 0.05) is 0 Å². The molecule has 4 heteroatoms. The van der Waals surface area contributed by atoms with E-state index in [1.54, 1.807) is 36.4 Å². The molecule has 0 aliphatic heterocycles. The molecule has 2 aromatic rings. The van der Waals surface area contributed by atoms with E-state index in [4.69, 9.17) is 21.5 Å². The van der Waals surface area contributed by atoms with Gasteiger partial charge in [0.2, 0.25) is 0 Å². The molecule has 0 heterocycles. The van der Waals surface area contributed by atoms with Crippen LogP contribution in [0.3, 0.4) is 0 Å². The molecule has 0 saturated carbocycles. The lowest BCUT2D eigenvalue weighted by Gasteiger charge is -2.07. The maximum absolute atomic E-state index is 8.38. The van der Waals surface area contributed by atoms with Gasteiger partial charge in [-0.2, -0.15) is 0 Å². The van der Waals surface area contributed by atoms with Crippen molar-refractivity contribution in [2.75, 3.05) is 0 Å². The maximum atomic E-state index is 8.38. The largest absolute Gasteiger partial charge is 0.456 e. The van der Waals surface area contributed by atoms with Crippen LogP contribution in [0, 0.1) is 0 Å². The molecule has 0 unspecified atom stereocenters. The summed E-state index contributed by atoms with van der Waals surface area (Å²) in [6.07, 6.45) is 1.35. The first kappa shape index (κ1) is 11.5. The highest BCUT2D eigenvalue weighted by Gasteiger charge is 2.01. The molecule has 0 spiro atoms. The number of oxime groups is 1. The quantitative estimate of drug-likeness (QED) is 0.507. The minimum absolute atomic E-state index is 0.563. The van der Waals surface area contributed by atoms with Crippen molar-refractivity contribution in [1.82, 2.24) is 0 Å². The first-order valence-corrected chi connectivity index (χ1v) is 5.37. The van der Waals surface area contributed by atoms with Gasteiger partial charge >= 0.3 is 0 Å². The van der Waals surface area contributed by atoms with Crippen LogP contribution < -0.4 is 4.74 Å². The number of nitrogens with zero attached hydrogens (tertiary/aromatic N) is 1. The molecule has 0 amide bonds. The number of benzene rings is 2. The smallest absolute Gasteiger partial charge is 0.146 e. The molecule has 86 valence electrons. The van der Waals surface area contributed by atoms with Crippen LogP contribution >= 0.6 is 11.6 Å². The lowest BCUT2D eigenvalue weighted by atomic mass is 10.2. The fraction of sp³-hybridized carbons (Fsp3) is 0. The monoisotopic (exact) mass is 247 g/mol. The number of hydrogen-bond donors (Lipinski definition) is 1. The van der Waals surface area contributed by atoms with Crippen LogP contribution in [-0.4, -0.2) is 11.4 Å². The fourth-order valence-electron chi connectivity index (χ4n) is 1.34. The standard InChI is InChI=1S/C13H10ClNO2/c14-12-3-1-2-4-13(12)17-11-7-5-10(6-8-11)9-15-16/h1-9,16H. The van der Waals surface area contributed by atoms with Gasteiger partial charge in [-0.3, -0.25) is 0 Å². The predicted octanol–water partition coefficient (Wildman–Crippen LogP) is 3.94. The first-order valence-electron chi connectivity index (χ1n) is 4.99. The number of rotatable bonds is 3. The Morgan fingerprint density at radius 2 is 1.76 bits per heavy atom. The number of halogens is 1. The lowest BCUT2D eigenvalue weighted by molar-refractivity contribution is 0.322. The predicted molar refractivity (Wildman–Crippen MR) is 67.3 cm³/mol. The van der Waals surface area contributed by atoms with Crippen LogP contribution in [0.5, 0.6) is 11.5 Å². The SMILES string of the molecule is ON=Cc1ccc(Oc2ccccc2Cl)cc1. The third kappa shape index (κ3) is 2.98. The summed E-state index contributed by atoms with van der Waals surface area (Å²) >= 11 is 5.98. The van der Waals surface area contributed by atoms with Gasteiger partial charge in [0.1, 0.15) is 11.5 Å². The molecular weight excluding hydrogens is 238 g/mol. The molecule has 0 bridgehead atoms. The topological polar surface area (TPSA) is 41.8 Å². The average molecular weight is 248 g/mol. The summed E-state index contributed by atoms with van der Waals surface area (Å²) in [7, 11) is 0. The van der Waals surface area contributed by atoms with E-state index >= 15 is 0 Å². The van der Waals surface area contributed by atoms with E-state index in [1.807, 2.05) is 12.1 Å². The van der Waals surface area contributed by atoms with Crippen molar-refractivity contribution in [2.45, 2.75) is 0 Å². The molecule has 17 heavy (non-hydrogen) atoms. The second-order valence-electron chi connectivity index (χ2n) is 3.35. The molecule has 0 saturated heterocycles. The van der Waals surface area contributed by atoms with E-state index in [1.165, 1.54) is 6.21 Å². The lowest BCUT2D eigenvalue weighted by Crippen LogP contribution is -1.86. The fourth-order valence-corrected chi connectivity index (χ4v) is 1.52. The van der Waals surface area contributed by atoms with E-state index in [2.05, 4.69) is 5.16 Å². The molecular formula is C13H10ClNO2. The van der Waals surface area contributed by atoms with E-state index < -0.39 is 0 Å². The van der Waals surface area contributed by atoms with Crippen molar-refractivity contribution < 1.29 is 9.94 Å². The number of ether oxygens (including phenoxy) is 1. The minimum atomic E-state index is 0.563. The summed E-state index contributed by atoms with van der Waals surface area (Å²) in [4.78, 5) is 0. The second-order valence-corrected chi connectivity index (χ2v) is 3.75. The Bertz CT molecular complexity index is 523. The Balaban J connectivity index is 2.17. The van der Waals surface area contributed by atoms with Crippen molar-refractivity contribution >= 4 is 17.8 Å². The first-order chi connectivity index (χ1) is 8.29. The van der Waals surface area contributed by atoms with Crippen LogP contribution in [0.1, 0.15) is 5.56 Å². The van der Waals surface area contributed by atoms with Gasteiger partial charge < -0.3 is 9.94 Å². The van der Waals surface area contributed by atoms with Crippen molar-refractivity contribution in [3.05, 3.63) is 59.1 Å². The molecule has 0 aliphatic carbocycles. The van der Waals surface area contributed by atoms with Gasteiger partial charge in [-0.1, -0.05) is 28.9 Å². The minimum Gasteiger partial charge on any atom is -0.456 e. The van der Waals surface area contributed by atoms with Crippen molar-refractivity contribution in [2.24, 2.45) is 5.16 Å². The van der Waals surface area contributed by atoms with Gasteiger partial charge in [0.15, 0.2) is 0 Å². The van der Waals surface area contributed by atoms with Gasteiger partial charge in [-0.25, -0.2) is 0 Å². The zero-order chi connectivity index (χ0) is 12.1. The van der Waals surface area contributed by atoms with E-state index in [0.29, 0.717) is 16.5 Å². The van der Waals surface area contributed by atoms with Crippen LogP contribution in [0.2, 0.25) is 5.02 Å². The molecule has 2 aromatic carbocycles. The highest BCUT2D eigenvalue weighted by molar-refractivity contribution is 6.32. The normalized spacial score (nSPS) is 10.6. The van der Waals surface area contributed by atoms with Gasteiger partial charge in [0.25, 0.3) is 0 Å². The average Bonchev–Trinajstić information content (AvgIpc) is 2.35. The summed E-state index contributed by atoms with van der Waals surface area (Å²) in [5.74, 6) is 1.28. The highest BCUT2D eigenvalue weighted by Crippen LogP contribution is 2.28. The third-order valence-corrected chi connectivity index (χ3v) is 2.46. The van der Waals surface area contributed by atoms with Crippen molar-refractivity contribution in [3.8, 4) is 11.5 Å². The van der Waals surface area contributed by atoms with Crippen molar-refractivity contribution in [1.29, 1.82) is 0 Å². The summed E-state index contributed by atoms with van der Waals surface area (Å²) in [5, 5.41) is 11.9. The Hall–Kier alpha value is -2.00. The van der Waals surface area contributed by atoms with Crippen molar-refractivity contribution in [3.63, 3.8) is 0 Å². The van der Waals surface area contributed by atoms with E-state index in [-0.39, 0.29) is 0 Å². The van der Waals surface area contributed by atoms with Crippen LogP contribution in [-0.2, 0) is 0 Å². The Labute approximate surface area is 104 Å². The van der Waals surface area contributed by atoms with Crippen LogP contribution in [0.15, 0.2) is 53.7 Å². The molecule has 0 radical (unpaired) electrons. The molecule has 1 N–H and O–H groups in total. The second kappa shape index (κ2) is 5.37. The molecule has 0 atom stereocenters. The Kier molecular flexibility index (Phi) is 3.62. The molecule has 3 nitrogen and oxygen atoms in total. The summed E-state index contributed by atoms with van der Waals surface area (Å²) in [5.41, 5.74) is 0.791. The van der Waals surface area contributed by atoms with Crippen LogP contribution in [0.25, 0.3) is 0 Å². The molecule has 0 aromatic heterocycles. The Morgan fingerprint density at radius 3 is 2.41 bits per heavy atom. The molecule has 0 fully saturated rings. The number of para-hydroxylation sites is 1. The van der Waals surface area contributed by atoms with Gasteiger partial charge in [0.05, 0.1) is 11.2 Å². The number of hydrogen-bond acceptors (Lipinski definition) is 3. The third-order valence-electron chi connectivity index (χ3n) is 2.15. The maximum Gasteiger partial charge on any atom is 0.146 e. The van der Waals surface area contributed by atoms with E-state index in [9.17, 15) is 0 Å². The van der Waals surface area contributed by atoms with E-state index in [0.717, 1.165) is 5.56 Å². The van der Waals surface area contributed by atoms with Gasteiger partial charge in [-0.05, 0) is 42.0 Å².